The van der Waals surface area contributed by atoms with Gasteiger partial charge in [0.15, 0.2) is 0 Å². The maximum Gasteiger partial charge on any atom is 0.150 e. The summed E-state index contributed by atoms with van der Waals surface area (Å²) in [5, 5.41) is 0. The number of hydrogen-bond donors (Lipinski definition) is 0. The van der Waals surface area contributed by atoms with Crippen molar-refractivity contribution in [3.8, 4) is 11.1 Å². The van der Waals surface area contributed by atoms with E-state index in [1.54, 1.807) is 0 Å². The van der Waals surface area contributed by atoms with Crippen LogP contribution >= 0.6 is 0 Å². The largest absolute Gasteiger partial charge is 0.298 e. The minimum atomic E-state index is 0.730. The van der Waals surface area contributed by atoms with Gasteiger partial charge in [-0.3, -0.25) is 4.79 Å². The van der Waals surface area contributed by atoms with Gasteiger partial charge < -0.3 is 0 Å². The number of fused-ring (bicyclic) bond motifs is 1. The van der Waals surface area contributed by atoms with E-state index in [-0.39, 0.29) is 0 Å². The first-order valence-corrected chi connectivity index (χ1v) is 4.67. The van der Waals surface area contributed by atoms with E-state index in [2.05, 4.69) is 26.0 Å². The van der Waals surface area contributed by atoms with Crippen LogP contribution in [0.15, 0.2) is 30.3 Å². The predicted molar refractivity (Wildman–Crippen MR) is 57.9 cm³/mol. The van der Waals surface area contributed by atoms with Crippen molar-refractivity contribution in [3.63, 3.8) is 0 Å². The Morgan fingerprint density at radius 1 is 1.00 bits per heavy atom. The molecule has 0 heterocycles. The van der Waals surface area contributed by atoms with Gasteiger partial charge in [0.05, 0.1) is 0 Å². The molecule has 0 aromatic rings. The van der Waals surface area contributed by atoms with E-state index in [0.717, 1.165) is 11.8 Å². The van der Waals surface area contributed by atoms with Crippen LogP contribution in [0.5, 0.6) is 0 Å². The second-order valence-electron chi connectivity index (χ2n) is 3.63. The van der Waals surface area contributed by atoms with Crippen LogP contribution in [0, 0.1) is 13.8 Å². The summed E-state index contributed by atoms with van der Waals surface area (Å²) < 4.78 is 0. The van der Waals surface area contributed by atoms with Gasteiger partial charge in [0.1, 0.15) is 6.29 Å². The molecule has 0 bridgehead atoms. The molecule has 0 aromatic heterocycles. The predicted octanol–water partition coefficient (Wildman–Crippen LogP) is 3.22. The average Bonchev–Trinajstić information content (AvgIpc) is 2.41. The number of aryl methyl sites for hydroxylation is 2. The van der Waals surface area contributed by atoms with Crippen molar-refractivity contribution in [1.82, 2.24) is 0 Å². The lowest BCUT2D eigenvalue weighted by molar-refractivity contribution is 0.112. The van der Waals surface area contributed by atoms with Gasteiger partial charge in [0.2, 0.25) is 0 Å². The fraction of sp³-hybridized carbons (Fsp3) is 0.154. The van der Waals surface area contributed by atoms with Crippen molar-refractivity contribution in [2.24, 2.45) is 0 Å². The molecule has 1 nitrogen and oxygen atoms in total. The molecule has 0 saturated carbocycles. The second-order valence-corrected chi connectivity index (χ2v) is 3.63. The summed E-state index contributed by atoms with van der Waals surface area (Å²) in [5.74, 6) is 0. The van der Waals surface area contributed by atoms with Crippen molar-refractivity contribution >= 4 is 6.29 Å². The van der Waals surface area contributed by atoms with Gasteiger partial charge in [0.25, 0.3) is 0 Å². The van der Waals surface area contributed by atoms with Gasteiger partial charge in [0, 0.05) is 5.56 Å². The van der Waals surface area contributed by atoms with Crippen molar-refractivity contribution in [2.75, 3.05) is 0 Å². The molecule has 1 heteroatoms. The molecule has 0 saturated heterocycles. The molecular weight excluding hydrogens is 172 g/mol. The van der Waals surface area contributed by atoms with Crippen LogP contribution in [0.2, 0.25) is 0 Å². The van der Waals surface area contributed by atoms with E-state index in [4.69, 9.17) is 0 Å². The third-order valence-corrected chi connectivity index (χ3v) is 2.57. The van der Waals surface area contributed by atoms with E-state index in [1.807, 2.05) is 18.2 Å². The van der Waals surface area contributed by atoms with Crippen LogP contribution < -0.4 is 0 Å². The van der Waals surface area contributed by atoms with Crippen LogP contribution in [0.25, 0.3) is 11.1 Å². The fourth-order valence-electron chi connectivity index (χ4n) is 1.86. The van der Waals surface area contributed by atoms with E-state index in [1.165, 1.54) is 22.3 Å². The molecule has 0 fully saturated rings. The molecule has 0 atom stereocenters. The van der Waals surface area contributed by atoms with Crippen molar-refractivity contribution < 1.29 is 4.79 Å². The van der Waals surface area contributed by atoms with E-state index in [0.29, 0.717) is 0 Å². The highest BCUT2D eigenvalue weighted by Gasteiger charge is 2.08. The zero-order valence-corrected chi connectivity index (χ0v) is 8.37. The van der Waals surface area contributed by atoms with Crippen LogP contribution in [-0.2, 0) is 0 Å². The quantitative estimate of drug-likeness (QED) is 0.622. The smallest absolute Gasteiger partial charge is 0.150 e. The highest BCUT2D eigenvalue weighted by atomic mass is 16.1. The van der Waals surface area contributed by atoms with Crippen LogP contribution in [0.3, 0.4) is 0 Å². The summed E-state index contributed by atoms with van der Waals surface area (Å²) in [6, 6.07) is 9.93. The summed E-state index contributed by atoms with van der Waals surface area (Å²) in [4.78, 5) is 10.7. The van der Waals surface area contributed by atoms with Crippen LogP contribution in [0.4, 0.5) is 0 Å². The van der Waals surface area contributed by atoms with Gasteiger partial charge in [-0.05, 0) is 42.2 Å². The molecule has 70 valence electrons. The fourth-order valence-corrected chi connectivity index (χ4v) is 1.86. The third-order valence-electron chi connectivity index (χ3n) is 2.57. The zero-order valence-electron chi connectivity index (χ0n) is 8.37. The Labute approximate surface area is 83.7 Å². The molecule has 0 unspecified atom stereocenters. The second kappa shape index (κ2) is 3.26. The van der Waals surface area contributed by atoms with E-state index >= 15 is 0 Å². The Morgan fingerprint density at radius 2 is 1.71 bits per heavy atom. The maximum absolute atomic E-state index is 10.7. The summed E-state index contributed by atoms with van der Waals surface area (Å²) in [6.45, 7) is 4.17. The van der Waals surface area contributed by atoms with E-state index in [9.17, 15) is 4.79 Å². The highest BCUT2D eigenvalue weighted by molar-refractivity contribution is 5.82. The molecule has 0 N–H and O–H groups in total. The number of hydrogen-bond acceptors (Lipinski definition) is 1. The Bertz CT molecular complexity index is 457. The Balaban J connectivity index is 2.77. The zero-order chi connectivity index (χ0) is 10.1. The number of carbonyl (C=O) groups is 1. The summed E-state index contributed by atoms with van der Waals surface area (Å²) in [5.41, 5.74) is 5.64. The number of rotatable bonds is 1. The topological polar surface area (TPSA) is 17.1 Å². The van der Waals surface area contributed by atoms with Gasteiger partial charge in [-0.25, -0.2) is 0 Å². The third kappa shape index (κ3) is 1.31. The van der Waals surface area contributed by atoms with E-state index < -0.39 is 0 Å². The molecule has 0 aromatic carbocycles. The molecular formula is C13H12O. The molecule has 2 aliphatic carbocycles. The monoisotopic (exact) mass is 184 g/mol. The number of carbonyl (C=O) groups excluding carboxylic acids is 1. The van der Waals surface area contributed by atoms with Crippen molar-refractivity contribution in [2.45, 2.75) is 13.8 Å². The molecule has 0 spiro atoms. The van der Waals surface area contributed by atoms with Gasteiger partial charge in [-0.2, -0.15) is 0 Å². The first-order valence-electron chi connectivity index (χ1n) is 4.67. The Morgan fingerprint density at radius 3 is 2.43 bits per heavy atom. The molecule has 0 aliphatic heterocycles. The SMILES string of the molecule is Cc1cc(C)c2cc(C=O)cccc1-2. The molecule has 0 radical (unpaired) electrons. The van der Waals surface area contributed by atoms with Crippen LogP contribution in [0.1, 0.15) is 21.5 Å². The number of aldehydes is 1. The summed E-state index contributed by atoms with van der Waals surface area (Å²) in [7, 11) is 0. The first-order chi connectivity index (χ1) is 6.72. The Hall–Kier alpha value is -1.63. The molecule has 2 rings (SSSR count). The standard InChI is InChI=1S/C13H12O/c1-9-6-10(2)13-7-11(8-14)4-3-5-12(9)13/h3-8H,1-2H3. The molecule has 14 heavy (non-hydrogen) atoms. The molecule has 0 amide bonds. The lowest BCUT2D eigenvalue weighted by Crippen LogP contribution is -1.75. The van der Waals surface area contributed by atoms with Gasteiger partial charge >= 0.3 is 0 Å². The van der Waals surface area contributed by atoms with Gasteiger partial charge in [-0.15, -0.1) is 0 Å². The lowest BCUT2D eigenvalue weighted by Gasteiger charge is -1.95. The Kier molecular flexibility index (Phi) is 2.08. The first kappa shape index (κ1) is 8.95. The van der Waals surface area contributed by atoms with Crippen molar-refractivity contribution in [1.29, 1.82) is 0 Å². The van der Waals surface area contributed by atoms with Crippen molar-refractivity contribution in [3.05, 3.63) is 47.0 Å². The highest BCUT2D eigenvalue weighted by Crippen LogP contribution is 2.30. The minimum Gasteiger partial charge on any atom is -0.298 e. The lowest BCUT2D eigenvalue weighted by atomic mass is 10.1. The summed E-state index contributed by atoms with van der Waals surface area (Å²) >= 11 is 0. The molecule has 2 aliphatic rings. The summed E-state index contributed by atoms with van der Waals surface area (Å²) in [6.07, 6.45) is 0.890. The normalized spacial score (nSPS) is 10.4. The van der Waals surface area contributed by atoms with Gasteiger partial charge in [-0.1, -0.05) is 24.3 Å². The maximum atomic E-state index is 10.7. The van der Waals surface area contributed by atoms with Crippen LogP contribution in [-0.4, -0.2) is 6.29 Å². The average molecular weight is 184 g/mol. The minimum absolute atomic E-state index is 0.730.